The number of amides is 1. The van der Waals surface area contributed by atoms with Crippen LogP contribution in [0.1, 0.15) is 28.9 Å². The Bertz CT molecular complexity index is 666. The minimum atomic E-state index is 0.0554. The van der Waals surface area contributed by atoms with E-state index in [-0.39, 0.29) is 5.91 Å². The number of hydrogen-bond acceptors (Lipinski definition) is 4. The molecule has 1 aromatic heterocycles. The van der Waals surface area contributed by atoms with Crippen LogP contribution >= 0.6 is 11.3 Å². The first-order chi connectivity index (χ1) is 11.3. The molecule has 4 nitrogen and oxygen atoms in total. The van der Waals surface area contributed by atoms with Crippen LogP contribution in [0.15, 0.2) is 30.3 Å². The molecular weight excluding hydrogens is 308 g/mol. The Morgan fingerprint density at radius 3 is 3.04 bits per heavy atom. The Morgan fingerprint density at radius 2 is 2.26 bits per heavy atom. The molecule has 1 N–H and O–H groups in total. The number of fused-ring (bicyclic) bond motifs is 3. The molecule has 2 aliphatic rings. The number of benzene rings is 1. The number of likely N-dealkylation sites (tertiary alicyclic amines) is 1. The van der Waals surface area contributed by atoms with Gasteiger partial charge in [-0.1, -0.05) is 18.2 Å². The number of thiophene rings is 1. The van der Waals surface area contributed by atoms with Crippen molar-refractivity contribution in [2.75, 3.05) is 26.2 Å². The van der Waals surface area contributed by atoms with Crippen molar-refractivity contribution in [3.63, 3.8) is 0 Å². The summed E-state index contributed by atoms with van der Waals surface area (Å²) in [6.45, 7) is 3.89. The second-order valence-electron chi connectivity index (χ2n) is 6.45. The zero-order chi connectivity index (χ0) is 15.6. The zero-order valence-electron chi connectivity index (χ0n) is 13.2. The lowest BCUT2D eigenvalue weighted by atomic mass is 10.2. The van der Waals surface area contributed by atoms with Crippen molar-refractivity contribution >= 4 is 27.3 Å². The zero-order valence-corrected chi connectivity index (χ0v) is 14.0. The Balaban J connectivity index is 1.19. The van der Waals surface area contributed by atoms with Gasteiger partial charge in [0.15, 0.2) is 0 Å². The first kappa shape index (κ1) is 15.1. The molecule has 23 heavy (non-hydrogen) atoms. The monoisotopic (exact) mass is 330 g/mol. The van der Waals surface area contributed by atoms with Gasteiger partial charge in [-0.15, -0.1) is 11.3 Å². The van der Waals surface area contributed by atoms with Crippen LogP contribution < -0.4 is 5.32 Å². The minimum absolute atomic E-state index is 0.0554. The highest BCUT2D eigenvalue weighted by Crippen LogP contribution is 2.27. The van der Waals surface area contributed by atoms with E-state index in [1.54, 1.807) is 11.3 Å². The van der Waals surface area contributed by atoms with E-state index in [0.717, 1.165) is 49.3 Å². The Hall–Kier alpha value is -1.43. The Labute approximate surface area is 140 Å². The van der Waals surface area contributed by atoms with Crippen LogP contribution in [-0.4, -0.2) is 49.2 Å². The molecule has 122 valence electrons. The summed E-state index contributed by atoms with van der Waals surface area (Å²) in [4.78, 5) is 15.6. The van der Waals surface area contributed by atoms with Crippen molar-refractivity contribution in [3.05, 3.63) is 35.2 Å². The van der Waals surface area contributed by atoms with Gasteiger partial charge in [-0.25, -0.2) is 0 Å². The molecule has 2 fully saturated rings. The van der Waals surface area contributed by atoms with Crippen LogP contribution in [-0.2, 0) is 4.74 Å². The molecule has 2 atom stereocenters. The van der Waals surface area contributed by atoms with Gasteiger partial charge in [0.25, 0.3) is 5.91 Å². The van der Waals surface area contributed by atoms with Gasteiger partial charge >= 0.3 is 0 Å². The van der Waals surface area contributed by atoms with E-state index in [1.807, 2.05) is 18.2 Å². The summed E-state index contributed by atoms with van der Waals surface area (Å²) >= 11 is 1.56. The molecule has 0 saturated carbocycles. The van der Waals surface area contributed by atoms with Crippen LogP contribution in [0.3, 0.4) is 0 Å². The van der Waals surface area contributed by atoms with E-state index >= 15 is 0 Å². The van der Waals surface area contributed by atoms with Crippen molar-refractivity contribution in [1.29, 1.82) is 0 Å². The average molecular weight is 330 g/mol. The molecule has 2 saturated heterocycles. The molecule has 2 bridgehead atoms. The topological polar surface area (TPSA) is 41.6 Å². The van der Waals surface area contributed by atoms with Gasteiger partial charge in [0.2, 0.25) is 0 Å². The number of carbonyl (C=O) groups excluding carboxylic acids is 1. The number of nitrogens with one attached hydrogen (secondary N) is 1. The van der Waals surface area contributed by atoms with Gasteiger partial charge in [0, 0.05) is 23.8 Å². The summed E-state index contributed by atoms with van der Waals surface area (Å²) in [5.41, 5.74) is 0. The molecule has 4 rings (SSSR count). The number of ether oxygens (including phenoxy) is 1. The normalized spacial score (nSPS) is 23.7. The number of morpholine rings is 1. The highest BCUT2D eigenvalue weighted by atomic mass is 32.1. The summed E-state index contributed by atoms with van der Waals surface area (Å²) in [5, 5.41) is 4.19. The van der Waals surface area contributed by atoms with Crippen molar-refractivity contribution in [1.82, 2.24) is 10.2 Å². The largest absolute Gasteiger partial charge is 0.375 e. The predicted molar refractivity (Wildman–Crippen MR) is 93.1 cm³/mol. The van der Waals surface area contributed by atoms with E-state index < -0.39 is 0 Å². The van der Waals surface area contributed by atoms with Crippen LogP contribution in [0, 0.1) is 0 Å². The SMILES string of the molecule is O=C(NCCCCN1CC2CC1CO2)c1cc2ccccc2s1. The van der Waals surface area contributed by atoms with Crippen LogP contribution in [0.5, 0.6) is 0 Å². The molecule has 2 aliphatic heterocycles. The summed E-state index contributed by atoms with van der Waals surface area (Å²) in [6, 6.07) is 10.8. The van der Waals surface area contributed by atoms with Crippen LogP contribution in [0.4, 0.5) is 0 Å². The van der Waals surface area contributed by atoms with E-state index in [4.69, 9.17) is 4.74 Å². The van der Waals surface area contributed by atoms with Gasteiger partial charge in [-0.05, 0) is 43.3 Å². The van der Waals surface area contributed by atoms with Crippen molar-refractivity contribution < 1.29 is 9.53 Å². The second kappa shape index (κ2) is 6.59. The molecule has 0 radical (unpaired) electrons. The predicted octanol–water partition coefficient (Wildman–Crippen LogP) is 2.88. The van der Waals surface area contributed by atoms with E-state index in [2.05, 4.69) is 22.3 Å². The van der Waals surface area contributed by atoms with Crippen molar-refractivity contribution in [3.8, 4) is 0 Å². The minimum Gasteiger partial charge on any atom is -0.375 e. The molecule has 0 spiro atoms. The number of carbonyl (C=O) groups is 1. The molecule has 5 heteroatoms. The summed E-state index contributed by atoms with van der Waals surface area (Å²) < 4.78 is 6.79. The average Bonchev–Trinajstić information content (AvgIpc) is 3.28. The molecule has 1 aromatic carbocycles. The standard InChI is InChI=1S/C18H22N2O2S/c21-18(17-9-13-5-1-2-6-16(13)23-17)19-7-3-4-8-20-11-15-10-14(20)12-22-15/h1-2,5-6,9,14-15H,3-4,7-8,10-12H2,(H,19,21). The third-order valence-corrected chi connectivity index (χ3v) is 5.94. The molecule has 1 amide bonds. The lowest BCUT2D eigenvalue weighted by Gasteiger charge is -2.26. The van der Waals surface area contributed by atoms with E-state index in [0.29, 0.717) is 12.1 Å². The maximum absolute atomic E-state index is 12.2. The lowest BCUT2D eigenvalue weighted by molar-refractivity contribution is 0.0301. The quantitative estimate of drug-likeness (QED) is 0.828. The summed E-state index contributed by atoms with van der Waals surface area (Å²) in [6.07, 6.45) is 3.86. The number of unbranched alkanes of at least 4 members (excludes halogenated alkanes) is 1. The van der Waals surface area contributed by atoms with Crippen molar-refractivity contribution in [2.45, 2.75) is 31.4 Å². The van der Waals surface area contributed by atoms with Crippen molar-refractivity contribution in [2.24, 2.45) is 0 Å². The van der Waals surface area contributed by atoms with Gasteiger partial charge in [-0.2, -0.15) is 0 Å². The van der Waals surface area contributed by atoms with E-state index in [1.165, 1.54) is 11.1 Å². The maximum Gasteiger partial charge on any atom is 0.261 e. The summed E-state index contributed by atoms with van der Waals surface area (Å²) in [5.74, 6) is 0.0554. The molecule has 3 heterocycles. The van der Waals surface area contributed by atoms with Gasteiger partial charge in [0.1, 0.15) is 0 Å². The third-order valence-electron chi connectivity index (χ3n) is 4.82. The molecule has 2 unspecified atom stereocenters. The third kappa shape index (κ3) is 3.27. The first-order valence-corrected chi connectivity index (χ1v) is 9.24. The number of nitrogens with zero attached hydrogens (tertiary/aromatic N) is 1. The molecule has 0 aliphatic carbocycles. The molecule has 2 aromatic rings. The Kier molecular flexibility index (Phi) is 4.33. The van der Waals surface area contributed by atoms with Gasteiger partial charge in [-0.3, -0.25) is 9.69 Å². The van der Waals surface area contributed by atoms with Gasteiger partial charge in [0.05, 0.1) is 17.6 Å². The highest BCUT2D eigenvalue weighted by molar-refractivity contribution is 7.20. The Morgan fingerprint density at radius 1 is 1.35 bits per heavy atom. The fraction of sp³-hybridized carbons (Fsp3) is 0.500. The lowest BCUT2D eigenvalue weighted by Crippen LogP contribution is -2.37. The fourth-order valence-electron chi connectivity index (χ4n) is 3.58. The highest BCUT2D eigenvalue weighted by Gasteiger charge is 2.38. The first-order valence-electron chi connectivity index (χ1n) is 8.42. The van der Waals surface area contributed by atoms with Crippen LogP contribution in [0.25, 0.3) is 10.1 Å². The smallest absolute Gasteiger partial charge is 0.261 e. The summed E-state index contributed by atoms with van der Waals surface area (Å²) in [7, 11) is 0. The second-order valence-corrected chi connectivity index (χ2v) is 7.54. The van der Waals surface area contributed by atoms with E-state index in [9.17, 15) is 4.79 Å². The van der Waals surface area contributed by atoms with Crippen LogP contribution in [0.2, 0.25) is 0 Å². The number of rotatable bonds is 6. The fourth-order valence-corrected chi connectivity index (χ4v) is 4.55. The number of hydrogen-bond donors (Lipinski definition) is 1. The molecular formula is C18H22N2O2S. The van der Waals surface area contributed by atoms with Gasteiger partial charge < -0.3 is 10.1 Å². The maximum atomic E-state index is 12.2.